The molecule has 3 aliphatic rings. The Morgan fingerprint density at radius 1 is 1.37 bits per heavy atom. The third-order valence-electron chi connectivity index (χ3n) is 4.95. The summed E-state index contributed by atoms with van der Waals surface area (Å²) in [6, 6.07) is 1.97. The van der Waals surface area contributed by atoms with E-state index in [0.717, 1.165) is 32.4 Å². The van der Waals surface area contributed by atoms with Crippen LogP contribution in [0, 0.1) is 11.8 Å². The number of nitrogens with two attached hydrogens (primary N) is 1. The Balaban J connectivity index is 1.45. The second-order valence-electron chi connectivity index (χ2n) is 6.82. The van der Waals surface area contributed by atoms with E-state index in [2.05, 4.69) is 22.2 Å². The van der Waals surface area contributed by atoms with Crippen LogP contribution in [0.1, 0.15) is 6.92 Å². The minimum atomic E-state index is -0.334. The molecule has 1 aromatic carbocycles. The molecule has 0 radical (unpaired) electrons. The van der Waals surface area contributed by atoms with Crippen molar-refractivity contribution in [3.8, 4) is 0 Å². The Hall–Kier alpha value is -2.39. The molecule has 3 N–H and O–H groups in total. The van der Waals surface area contributed by atoms with Crippen LogP contribution in [0.5, 0.6) is 0 Å². The summed E-state index contributed by atoms with van der Waals surface area (Å²) in [4.78, 5) is 20.8. The zero-order valence-corrected chi connectivity index (χ0v) is 16.4. The highest BCUT2D eigenvalue weighted by atomic mass is 32.2. The lowest BCUT2D eigenvalue weighted by Gasteiger charge is -2.20. The number of amides is 1. The van der Waals surface area contributed by atoms with Gasteiger partial charge >= 0.3 is 0 Å². The molecule has 2 aromatic rings. The first kappa shape index (κ1) is 16.8. The highest BCUT2D eigenvalue weighted by molar-refractivity contribution is 8.00. The largest absolute Gasteiger partial charge is 0.454 e. The Kier molecular flexibility index (Phi) is 3.76. The molecule has 1 fully saturated rings. The summed E-state index contributed by atoms with van der Waals surface area (Å²) < 4.78 is 11.8. The molecule has 1 aliphatic carbocycles. The van der Waals surface area contributed by atoms with E-state index in [1.165, 1.54) is 11.3 Å². The van der Waals surface area contributed by atoms with Crippen molar-refractivity contribution in [1.82, 2.24) is 4.98 Å². The van der Waals surface area contributed by atoms with Crippen LogP contribution in [0.25, 0.3) is 10.2 Å². The molecule has 0 bridgehead atoms. The van der Waals surface area contributed by atoms with E-state index in [-0.39, 0.29) is 24.5 Å². The number of hydrogen-bond acceptors (Lipinski definition) is 8. The number of nitrogens with one attached hydrogen (secondary N) is 1. The SMILES string of the molecule is CC1C=C2OCOC2=CC1C(=O)Nc1nc2c(N)cc3c(c2s1)N(C)CS3. The van der Waals surface area contributed by atoms with Crippen LogP contribution in [0.15, 0.2) is 34.6 Å². The summed E-state index contributed by atoms with van der Waals surface area (Å²) in [5.41, 5.74) is 8.72. The number of thioether (sulfide) groups is 1. The number of anilines is 3. The molecule has 1 amide bonds. The lowest BCUT2D eigenvalue weighted by Crippen LogP contribution is -2.28. The molecule has 140 valence electrons. The van der Waals surface area contributed by atoms with Gasteiger partial charge in [0.05, 0.1) is 27.9 Å². The molecule has 9 heteroatoms. The quantitative estimate of drug-likeness (QED) is 0.745. The average Bonchev–Trinajstić information content (AvgIpc) is 3.32. The van der Waals surface area contributed by atoms with Gasteiger partial charge in [0.2, 0.25) is 12.7 Å². The number of thiazole rings is 1. The van der Waals surface area contributed by atoms with Crippen molar-refractivity contribution in [2.24, 2.45) is 11.8 Å². The number of nitrogen functional groups attached to an aromatic ring is 1. The first-order valence-electron chi connectivity index (χ1n) is 8.58. The van der Waals surface area contributed by atoms with Crippen LogP contribution >= 0.6 is 23.1 Å². The van der Waals surface area contributed by atoms with Gasteiger partial charge in [0, 0.05) is 11.9 Å². The fourth-order valence-corrected chi connectivity index (χ4v) is 5.78. The Morgan fingerprint density at radius 2 is 2.15 bits per heavy atom. The topological polar surface area (TPSA) is 89.7 Å². The number of benzene rings is 1. The average molecular weight is 403 g/mol. The van der Waals surface area contributed by atoms with Crippen molar-refractivity contribution in [2.45, 2.75) is 11.8 Å². The molecular weight excluding hydrogens is 384 g/mol. The number of hydrogen-bond donors (Lipinski definition) is 2. The second kappa shape index (κ2) is 6.07. The zero-order chi connectivity index (χ0) is 18.7. The van der Waals surface area contributed by atoms with Crippen LogP contribution in [-0.2, 0) is 14.3 Å². The molecular formula is C18H18N4O3S2. The van der Waals surface area contributed by atoms with Crippen molar-refractivity contribution >= 4 is 55.7 Å². The van der Waals surface area contributed by atoms with Gasteiger partial charge in [-0.3, -0.25) is 4.79 Å². The minimum Gasteiger partial charge on any atom is -0.454 e. The smallest absolute Gasteiger partial charge is 0.233 e. The number of allylic oxidation sites excluding steroid dienone is 1. The summed E-state index contributed by atoms with van der Waals surface area (Å²) >= 11 is 3.22. The number of ether oxygens (including phenoxy) is 2. The lowest BCUT2D eigenvalue weighted by atomic mass is 9.88. The molecule has 7 nitrogen and oxygen atoms in total. The minimum absolute atomic E-state index is 0.0108. The summed E-state index contributed by atoms with van der Waals surface area (Å²) in [5, 5.41) is 3.52. The van der Waals surface area contributed by atoms with Gasteiger partial charge in [0.15, 0.2) is 16.6 Å². The molecule has 2 atom stereocenters. The first-order chi connectivity index (χ1) is 13.0. The molecule has 0 spiro atoms. The summed E-state index contributed by atoms with van der Waals surface area (Å²) in [6.45, 7) is 2.19. The maximum absolute atomic E-state index is 12.9. The monoisotopic (exact) mass is 402 g/mol. The highest BCUT2D eigenvalue weighted by Gasteiger charge is 2.32. The van der Waals surface area contributed by atoms with E-state index < -0.39 is 0 Å². The van der Waals surface area contributed by atoms with Crippen molar-refractivity contribution in [3.63, 3.8) is 0 Å². The molecule has 2 unspecified atom stereocenters. The molecule has 27 heavy (non-hydrogen) atoms. The van der Waals surface area contributed by atoms with Gasteiger partial charge < -0.3 is 25.4 Å². The summed E-state index contributed by atoms with van der Waals surface area (Å²) in [5.74, 6) is 1.80. The summed E-state index contributed by atoms with van der Waals surface area (Å²) in [7, 11) is 2.05. The zero-order valence-electron chi connectivity index (χ0n) is 14.8. The standard InChI is InChI=1S/C18H18N4O3S2/c1-8-3-11-12(25-7-24-11)4-9(8)17(23)21-18-20-14-10(19)5-13-15(16(14)27-18)22(2)6-26-13/h3-5,8-9H,6-7,19H2,1-2H3,(H,20,21,23). The van der Waals surface area contributed by atoms with Gasteiger partial charge in [0.1, 0.15) is 5.52 Å². The second-order valence-corrected chi connectivity index (χ2v) is 8.81. The summed E-state index contributed by atoms with van der Waals surface area (Å²) in [6.07, 6.45) is 3.76. The van der Waals surface area contributed by atoms with Gasteiger partial charge in [-0.2, -0.15) is 0 Å². The van der Waals surface area contributed by atoms with Gasteiger partial charge in [-0.1, -0.05) is 18.3 Å². The first-order valence-corrected chi connectivity index (χ1v) is 10.4. The van der Waals surface area contributed by atoms with Crippen molar-refractivity contribution in [3.05, 3.63) is 29.7 Å². The Morgan fingerprint density at radius 3 is 2.96 bits per heavy atom. The molecule has 1 aromatic heterocycles. The molecule has 3 heterocycles. The van der Waals surface area contributed by atoms with Crippen molar-refractivity contribution in [1.29, 1.82) is 0 Å². The van der Waals surface area contributed by atoms with Crippen LogP contribution in [0.3, 0.4) is 0 Å². The molecule has 2 aliphatic heterocycles. The number of fused-ring (bicyclic) bond motifs is 4. The van der Waals surface area contributed by atoms with E-state index >= 15 is 0 Å². The fourth-order valence-electron chi connectivity index (χ4n) is 3.54. The van der Waals surface area contributed by atoms with Gasteiger partial charge in [0.25, 0.3) is 0 Å². The van der Waals surface area contributed by atoms with Crippen LogP contribution in [0.4, 0.5) is 16.5 Å². The molecule has 0 saturated carbocycles. The molecule has 5 rings (SSSR count). The fraction of sp³-hybridized carbons (Fsp3) is 0.333. The van der Waals surface area contributed by atoms with Crippen LogP contribution in [-0.4, -0.2) is 30.6 Å². The van der Waals surface area contributed by atoms with Crippen LogP contribution in [0.2, 0.25) is 0 Å². The van der Waals surface area contributed by atoms with E-state index in [4.69, 9.17) is 15.2 Å². The number of aromatic nitrogens is 1. The number of nitrogens with zero attached hydrogens (tertiary/aromatic N) is 2. The number of carbonyl (C=O) groups excluding carboxylic acids is 1. The third kappa shape index (κ3) is 2.64. The normalized spacial score (nSPS) is 23.3. The number of rotatable bonds is 2. The third-order valence-corrected chi connectivity index (χ3v) is 7.06. The van der Waals surface area contributed by atoms with Crippen molar-refractivity contribution < 1.29 is 14.3 Å². The van der Waals surface area contributed by atoms with Crippen LogP contribution < -0.4 is 16.0 Å². The Labute approximate surface area is 164 Å². The van der Waals surface area contributed by atoms with Crippen molar-refractivity contribution in [2.75, 3.05) is 35.7 Å². The van der Waals surface area contributed by atoms with Gasteiger partial charge in [-0.25, -0.2) is 4.98 Å². The van der Waals surface area contributed by atoms with E-state index in [1.807, 2.05) is 25.1 Å². The van der Waals surface area contributed by atoms with Gasteiger partial charge in [-0.15, -0.1) is 11.8 Å². The predicted molar refractivity (Wildman–Crippen MR) is 108 cm³/mol. The van der Waals surface area contributed by atoms with Gasteiger partial charge in [-0.05, 0) is 24.1 Å². The maximum Gasteiger partial charge on any atom is 0.233 e. The number of carbonyl (C=O) groups is 1. The lowest BCUT2D eigenvalue weighted by molar-refractivity contribution is -0.119. The maximum atomic E-state index is 12.9. The van der Waals surface area contributed by atoms with E-state index in [9.17, 15) is 4.79 Å². The Bertz CT molecular complexity index is 1030. The van der Waals surface area contributed by atoms with E-state index in [0.29, 0.717) is 16.6 Å². The predicted octanol–water partition coefficient (Wildman–Crippen LogP) is 3.35. The molecule has 1 saturated heterocycles. The highest BCUT2D eigenvalue weighted by Crippen LogP contribution is 2.47. The van der Waals surface area contributed by atoms with E-state index in [1.54, 1.807) is 11.8 Å².